The van der Waals surface area contributed by atoms with Crippen LogP contribution in [-0.4, -0.2) is 35.9 Å². The van der Waals surface area contributed by atoms with Gasteiger partial charge in [0.15, 0.2) is 17.3 Å². The highest BCUT2D eigenvalue weighted by atomic mass is 32.1. The first-order valence-electron chi connectivity index (χ1n) is 8.61. The normalized spacial score (nSPS) is 12.4. The quantitative estimate of drug-likeness (QED) is 0.514. The third kappa shape index (κ3) is 2.78. The second kappa shape index (κ2) is 6.65. The number of fused-ring (bicyclic) bond motifs is 2. The number of hydrogen-bond acceptors (Lipinski definition) is 8. The summed E-state index contributed by atoms with van der Waals surface area (Å²) in [5.41, 5.74) is 2.87. The first kappa shape index (κ1) is 16.8. The molecular weight excluding hydrogens is 376 g/mol. The molecule has 1 aromatic carbocycles. The Bertz CT molecular complexity index is 1160. The van der Waals surface area contributed by atoms with E-state index in [-0.39, 0.29) is 6.79 Å². The summed E-state index contributed by atoms with van der Waals surface area (Å²) in [7, 11) is 3.59. The molecule has 7 nitrogen and oxygen atoms in total. The Labute approximate surface area is 165 Å². The summed E-state index contributed by atoms with van der Waals surface area (Å²) in [6.07, 6.45) is 3.39. The molecule has 0 saturated carbocycles. The number of nitrogens with zero attached hydrogens (tertiary/aromatic N) is 4. The Morgan fingerprint density at radius 3 is 2.75 bits per heavy atom. The van der Waals surface area contributed by atoms with Crippen molar-refractivity contribution in [2.45, 2.75) is 0 Å². The van der Waals surface area contributed by atoms with Crippen molar-refractivity contribution >= 4 is 33.1 Å². The smallest absolute Gasteiger partial charge is 0.231 e. The molecule has 0 N–H and O–H groups in total. The Morgan fingerprint density at radius 2 is 1.93 bits per heavy atom. The van der Waals surface area contributed by atoms with Crippen LogP contribution in [0.15, 0.2) is 48.9 Å². The van der Waals surface area contributed by atoms with Gasteiger partial charge in [-0.2, -0.15) is 0 Å². The SMILES string of the molecule is COc1ccc(-c2cc3ncnc(N(C)c4ccc5c(c4)OCO5)c3s2)cn1. The topological polar surface area (TPSA) is 69.6 Å². The van der Waals surface area contributed by atoms with Gasteiger partial charge in [0.2, 0.25) is 12.7 Å². The maximum Gasteiger partial charge on any atom is 0.231 e. The Kier molecular flexibility index (Phi) is 3.98. The summed E-state index contributed by atoms with van der Waals surface area (Å²) in [5.74, 6) is 2.93. The molecule has 0 unspecified atom stereocenters. The number of ether oxygens (including phenoxy) is 3. The molecule has 1 aliphatic rings. The van der Waals surface area contributed by atoms with E-state index in [1.165, 1.54) is 0 Å². The Morgan fingerprint density at radius 1 is 1.04 bits per heavy atom. The zero-order valence-electron chi connectivity index (χ0n) is 15.2. The molecule has 0 bridgehead atoms. The van der Waals surface area contributed by atoms with Crippen LogP contribution in [0.5, 0.6) is 17.4 Å². The lowest BCUT2D eigenvalue weighted by Gasteiger charge is -2.19. The van der Waals surface area contributed by atoms with Crippen molar-refractivity contribution in [3.63, 3.8) is 0 Å². The number of thiophene rings is 1. The molecule has 3 aromatic heterocycles. The minimum absolute atomic E-state index is 0.254. The Hall–Kier alpha value is -3.39. The molecule has 1 aliphatic heterocycles. The highest BCUT2D eigenvalue weighted by Gasteiger charge is 2.18. The third-order valence-electron chi connectivity index (χ3n) is 4.58. The highest BCUT2D eigenvalue weighted by Crippen LogP contribution is 2.40. The van der Waals surface area contributed by atoms with E-state index >= 15 is 0 Å². The summed E-state index contributed by atoms with van der Waals surface area (Å²) in [5, 5.41) is 0. The molecule has 28 heavy (non-hydrogen) atoms. The molecule has 140 valence electrons. The predicted octanol–water partition coefficient (Wildman–Crippen LogP) is 4.26. The van der Waals surface area contributed by atoms with E-state index in [2.05, 4.69) is 21.0 Å². The van der Waals surface area contributed by atoms with Crippen molar-refractivity contribution in [1.82, 2.24) is 15.0 Å². The molecule has 0 radical (unpaired) electrons. The fraction of sp³-hybridized carbons (Fsp3) is 0.150. The second-order valence-corrected chi connectivity index (χ2v) is 7.26. The minimum atomic E-state index is 0.254. The van der Waals surface area contributed by atoms with Gasteiger partial charge in [-0.25, -0.2) is 15.0 Å². The average Bonchev–Trinajstić information content (AvgIpc) is 3.39. The van der Waals surface area contributed by atoms with E-state index in [1.807, 2.05) is 42.3 Å². The lowest BCUT2D eigenvalue weighted by Crippen LogP contribution is -2.11. The van der Waals surface area contributed by atoms with Crippen LogP contribution in [-0.2, 0) is 0 Å². The van der Waals surface area contributed by atoms with Gasteiger partial charge in [-0.05, 0) is 24.3 Å². The summed E-state index contributed by atoms with van der Waals surface area (Å²) < 4.78 is 17.0. The molecule has 0 atom stereocenters. The highest BCUT2D eigenvalue weighted by molar-refractivity contribution is 7.22. The first-order chi connectivity index (χ1) is 13.7. The molecule has 0 amide bonds. The summed E-state index contributed by atoms with van der Waals surface area (Å²) in [6.45, 7) is 0.254. The van der Waals surface area contributed by atoms with E-state index in [4.69, 9.17) is 14.2 Å². The van der Waals surface area contributed by atoms with Crippen LogP contribution in [0.3, 0.4) is 0 Å². The number of anilines is 2. The largest absolute Gasteiger partial charge is 0.481 e. The molecule has 4 aromatic rings. The zero-order chi connectivity index (χ0) is 19.1. The molecule has 8 heteroatoms. The van der Waals surface area contributed by atoms with Gasteiger partial charge in [0.25, 0.3) is 0 Å². The van der Waals surface area contributed by atoms with Crippen LogP contribution in [0.2, 0.25) is 0 Å². The maximum atomic E-state index is 5.50. The van der Waals surface area contributed by atoms with Gasteiger partial charge in [0, 0.05) is 41.5 Å². The summed E-state index contributed by atoms with van der Waals surface area (Å²) >= 11 is 1.64. The van der Waals surface area contributed by atoms with Crippen molar-refractivity contribution in [3.05, 3.63) is 48.9 Å². The van der Waals surface area contributed by atoms with Crippen LogP contribution in [0.1, 0.15) is 0 Å². The van der Waals surface area contributed by atoms with E-state index in [0.29, 0.717) is 5.88 Å². The number of methoxy groups -OCH3 is 1. The van der Waals surface area contributed by atoms with Crippen molar-refractivity contribution < 1.29 is 14.2 Å². The monoisotopic (exact) mass is 392 g/mol. The standard InChI is InChI=1S/C20H16N4O3S/c1-24(13-4-5-15-16(7-13)27-11-26-15)20-19-14(22-10-23-20)8-17(28-19)12-3-6-18(25-2)21-9-12/h3-10H,11H2,1-2H3. The summed E-state index contributed by atoms with van der Waals surface area (Å²) in [6, 6.07) is 11.8. The van der Waals surface area contributed by atoms with Gasteiger partial charge in [0.1, 0.15) is 6.33 Å². The van der Waals surface area contributed by atoms with Crippen LogP contribution in [0, 0.1) is 0 Å². The third-order valence-corrected chi connectivity index (χ3v) is 5.75. The first-order valence-corrected chi connectivity index (χ1v) is 9.43. The number of pyridine rings is 1. The number of aromatic nitrogens is 3. The van der Waals surface area contributed by atoms with Crippen molar-refractivity contribution in [3.8, 4) is 27.8 Å². The van der Waals surface area contributed by atoms with Crippen LogP contribution in [0.25, 0.3) is 20.7 Å². The van der Waals surface area contributed by atoms with Crippen molar-refractivity contribution in [1.29, 1.82) is 0 Å². The van der Waals surface area contributed by atoms with E-state index in [9.17, 15) is 0 Å². The van der Waals surface area contributed by atoms with E-state index in [1.54, 1.807) is 31.0 Å². The number of benzene rings is 1. The van der Waals surface area contributed by atoms with E-state index < -0.39 is 0 Å². The minimum Gasteiger partial charge on any atom is -0.481 e. The van der Waals surface area contributed by atoms with Gasteiger partial charge in [0.05, 0.1) is 17.3 Å². The Balaban J connectivity index is 1.55. The molecule has 0 aliphatic carbocycles. The number of rotatable bonds is 4. The van der Waals surface area contributed by atoms with Gasteiger partial charge < -0.3 is 19.1 Å². The molecule has 0 spiro atoms. The molecular formula is C20H16N4O3S. The molecule has 5 rings (SSSR count). The molecule has 0 saturated heterocycles. The fourth-order valence-corrected chi connectivity index (χ4v) is 4.21. The predicted molar refractivity (Wildman–Crippen MR) is 108 cm³/mol. The zero-order valence-corrected chi connectivity index (χ0v) is 16.1. The van der Waals surface area contributed by atoms with Gasteiger partial charge in [-0.3, -0.25) is 0 Å². The average molecular weight is 392 g/mol. The fourth-order valence-electron chi connectivity index (χ4n) is 3.09. The van der Waals surface area contributed by atoms with Crippen LogP contribution >= 0.6 is 11.3 Å². The summed E-state index contributed by atoms with van der Waals surface area (Å²) in [4.78, 5) is 16.4. The maximum absolute atomic E-state index is 5.50. The van der Waals surface area contributed by atoms with Crippen LogP contribution < -0.4 is 19.1 Å². The van der Waals surface area contributed by atoms with E-state index in [0.717, 1.165) is 43.7 Å². The molecule has 0 fully saturated rings. The number of hydrogen-bond donors (Lipinski definition) is 0. The second-order valence-electron chi connectivity index (χ2n) is 6.21. The lowest BCUT2D eigenvalue weighted by atomic mass is 10.2. The van der Waals surface area contributed by atoms with Crippen molar-refractivity contribution in [2.24, 2.45) is 0 Å². The van der Waals surface area contributed by atoms with Crippen molar-refractivity contribution in [2.75, 3.05) is 25.9 Å². The molecule has 4 heterocycles. The van der Waals surface area contributed by atoms with Gasteiger partial charge in [-0.1, -0.05) is 0 Å². The van der Waals surface area contributed by atoms with Gasteiger partial charge in [-0.15, -0.1) is 11.3 Å². The van der Waals surface area contributed by atoms with Gasteiger partial charge >= 0.3 is 0 Å². The lowest BCUT2D eigenvalue weighted by molar-refractivity contribution is 0.174. The van der Waals surface area contributed by atoms with Crippen LogP contribution in [0.4, 0.5) is 11.5 Å².